The lowest BCUT2D eigenvalue weighted by atomic mass is 10.2. The summed E-state index contributed by atoms with van der Waals surface area (Å²) < 4.78 is 1.71. The molecule has 104 valence electrons. The Labute approximate surface area is 110 Å². The quantitative estimate of drug-likeness (QED) is 0.596. The van der Waals surface area contributed by atoms with Crippen LogP contribution < -0.4 is 11.1 Å². The Morgan fingerprint density at radius 1 is 1.68 bits per heavy atom. The first kappa shape index (κ1) is 13.5. The van der Waals surface area contributed by atoms with Crippen LogP contribution in [-0.4, -0.2) is 28.0 Å². The SMILES string of the molecule is CC(N)CCNC(=O)c1cc([N+](=O)[O-])cn1C1CC1. The Bertz CT molecular complexity index is 491. The predicted octanol–water partition coefficient (Wildman–Crippen LogP) is 1.20. The van der Waals surface area contributed by atoms with Crippen LogP contribution in [0.15, 0.2) is 12.3 Å². The van der Waals surface area contributed by atoms with Gasteiger partial charge in [-0.05, 0) is 26.2 Å². The van der Waals surface area contributed by atoms with E-state index in [1.54, 1.807) is 4.57 Å². The van der Waals surface area contributed by atoms with E-state index in [0.717, 1.165) is 12.8 Å². The number of nitro groups is 1. The van der Waals surface area contributed by atoms with E-state index in [2.05, 4.69) is 5.32 Å². The molecule has 1 aromatic rings. The van der Waals surface area contributed by atoms with Gasteiger partial charge in [-0.3, -0.25) is 14.9 Å². The molecule has 0 aliphatic heterocycles. The summed E-state index contributed by atoms with van der Waals surface area (Å²) in [6, 6.07) is 1.58. The van der Waals surface area contributed by atoms with E-state index in [1.807, 2.05) is 6.92 Å². The van der Waals surface area contributed by atoms with E-state index in [4.69, 9.17) is 5.73 Å². The molecule has 7 nitrogen and oxygen atoms in total. The normalized spacial score (nSPS) is 16.1. The predicted molar refractivity (Wildman–Crippen MR) is 70.0 cm³/mol. The third kappa shape index (κ3) is 3.31. The maximum absolute atomic E-state index is 12.0. The van der Waals surface area contributed by atoms with E-state index in [0.29, 0.717) is 18.7 Å². The summed E-state index contributed by atoms with van der Waals surface area (Å²) in [4.78, 5) is 22.3. The number of amides is 1. The molecule has 1 aliphatic rings. The highest BCUT2D eigenvalue weighted by Crippen LogP contribution is 2.37. The molecule has 0 saturated heterocycles. The topological polar surface area (TPSA) is 103 Å². The largest absolute Gasteiger partial charge is 0.351 e. The monoisotopic (exact) mass is 266 g/mol. The van der Waals surface area contributed by atoms with Crippen molar-refractivity contribution >= 4 is 11.6 Å². The molecule has 2 rings (SSSR count). The fourth-order valence-corrected chi connectivity index (χ4v) is 1.91. The molecule has 3 N–H and O–H groups in total. The van der Waals surface area contributed by atoms with E-state index in [9.17, 15) is 14.9 Å². The zero-order valence-corrected chi connectivity index (χ0v) is 10.8. The third-order valence-electron chi connectivity index (χ3n) is 3.10. The smallest absolute Gasteiger partial charge is 0.287 e. The number of nitrogens with zero attached hydrogens (tertiary/aromatic N) is 2. The zero-order valence-electron chi connectivity index (χ0n) is 10.8. The first-order valence-electron chi connectivity index (χ1n) is 6.39. The van der Waals surface area contributed by atoms with Crippen LogP contribution in [0, 0.1) is 10.1 Å². The van der Waals surface area contributed by atoms with Gasteiger partial charge in [0, 0.05) is 24.7 Å². The molecular weight excluding hydrogens is 248 g/mol. The lowest BCUT2D eigenvalue weighted by molar-refractivity contribution is -0.384. The van der Waals surface area contributed by atoms with Gasteiger partial charge in [0.2, 0.25) is 0 Å². The number of nitrogens with one attached hydrogen (secondary N) is 1. The van der Waals surface area contributed by atoms with Gasteiger partial charge in [0.25, 0.3) is 11.6 Å². The van der Waals surface area contributed by atoms with Crippen molar-refractivity contribution in [1.82, 2.24) is 9.88 Å². The highest BCUT2D eigenvalue weighted by molar-refractivity contribution is 5.93. The summed E-state index contributed by atoms with van der Waals surface area (Å²) in [5.41, 5.74) is 5.93. The average molecular weight is 266 g/mol. The Morgan fingerprint density at radius 3 is 2.89 bits per heavy atom. The van der Waals surface area contributed by atoms with Crippen LogP contribution >= 0.6 is 0 Å². The summed E-state index contributed by atoms with van der Waals surface area (Å²) in [6.07, 6.45) is 4.05. The second-order valence-electron chi connectivity index (χ2n) is 5.00. The van der Waals surface area contributed by atoms with Gasteiger partial charge < -0.3 is 15.6 Å². The zero-order chi connectivity index (χ0) is 14.0. The molecular formula is C12H18N4O3. The Hall–Kier alpha value is -1.89. The molecule has 7 heteroatoms. The minimum atomic E-state index is -0.475. The average Bonchev–Trinajstić information content (AvgIpc) is 3.07. The van der Waals surface area contributed by atoms with Crippen molar-refractivity contribution in [3.8, 4) is 0 Å². The minimum Gasteiger partial charge on any atom is -0.351 e. The van der Waals surface area contributed by atoms with Crippen LogP contribution in [0.2, 0.25) is 0 Å². The van der Waals surface area contributed by atoms with Crippen molar-refractivity contribution in [2.75, 3.05) is 6.54 Å². The van der Waals surface area contributed by atoms with Crippen molar-refractivity contribution in [3.63, 3.8) is 0 Å². The first-order chi connectivity index (χ1) is 8.99. The standard InChI is InChI=1S/C12H18N4O3/c1-8(13)4-5-14-12(17)11-6-10(16(18)19)7-15(11)9-2-3-9/h6-9H,2-5,13H2,1H3,(H,14,17). The molecule has 1 heterocycles. The van der Waals surface area contributed by atoms with E-state index < -0.39 is 4.92 Å². The van der Waals surface area contributed by atoms with Gasteiger partial charge in [0.05, 0.1) is 11.1 Å². The lowest BCUT2D eigenvalue weighted by Crippen LogP contribution is -2.30. The molecule has 1 unspecified atom stereocenters. The van der Waals surface area contributed by atoms with E-state index in [-0.39, 0.29) is 23.7 Å². The summed E-state index contributed by atoms with van der Waals surface area (Å²) in [6.45, 7) is 2.34. The Morgan fingerprint density at radius 2 is 2.37 bits per heavy atom. The number of nitrogens with two attached hydrogens (primary N) is 1. The molecule has 1 saturated carbocycles. The molecule has 1 amide bonds. The number of carbonyl (C=O) groups excluding carboxylic acids is 1. The van der Waals surface area contributed by atoms with Gasteiger partial charge in [-0.15, -0.1) is 0 Å². The van der Waals surface area contributed by atoms with Gasteiger partial charge in [-0.25, -0.2) is 0 Å². The fraction of sp³-hybridized carbons (Fsp3) is 0.583. The van der Waals surface area contributed by atoms with Crippen molar-refractivity contribution in [2.24, 2.45) is 5.73 Å². The summed E-state index contributed by atoms with van der Waals surface area (Å²) in [5, 5.41) is 13.5. The summed E-state index contributed by atoms with van der Waals surface area (Å²) in [5.74, 6) is -0.277. The van der Waals surface area contributed by atoms with Crippen LogP contribution in [0.25, 0.3) is 0 Å². The van der Waals surface area contributed by atoms with Gasteiger partial charge in [-0.2, -0.15) is 0 Å². The van der Waals surface area contributed by atoms with Crippen LogP contribution in [0.1, 0.15) is 42.7 Å². The van der Waals surface area contributed by atoms with Crippen LogP contribution in [0.4, 0.5) is 5.69 Å². The Kier molecular flexibility index (Phi) is 3.84. The summed E-state index contributed by atoms with van der Waals surface area (Å²) in [7, 11) is 0. The minimum absolute atomic E-state index is 0.0184. The number of aromatic nitrogens is 1. The van der Waals surface area contributed by atoms with Gasteiger partial charge in [0.15, 0.2) is 0 Å². The maximum atomic E-state index is 12.0. The number of rotatable bonds is 6. The van der Waals surface area contributed by atoms with Gasteiger partial charge in [-0.1, -0.05) is 0 Å². The second kappa shape index (κ2) is 5.40. The molecule has 0 aromatic carbocycles. The first-order valence-corrected chi connectivity index (χ1v) is 6.39. The highest BCUT2D eigenvalue weighted by atomic mass is 16.6. The van der Waals surface area contributed by atoms with E-state index >= 15 is 0 Å². The van der Waals surface area contributed by atoms with Crippen LogP contribution in [0.3, 0.4) is 0 Å². The van der Waals surface area contributed by atoms with Crippen LogP contribution in [0.5, 0.6) is 0 Å². The lowest BCUT2D eigenvalue weighted by Gasteiger charge is -2.09. The highest BCUT2D eigenvalue weighted by Gasteiger charge is 2.30. The fourth-order valence-electron chi connectivity index (χ4n) is 1.91. The van der Waals surface area contributed by atoms with E-state index in [1.165, 1.54) is 12.3 Å². The number of hydrogen-bond acceptors (Lipinski definition) is 4. The second-order valence-corrected chi connectivity index (χ2v) is 5.00. The molecule has 1 aromatic heterocycles. The molecule has 0 bridgehead atoms. The molecule has 1 fully saturated rings. The summed E-state index contributed by atoms with van der Waals surface area (Å²) >= 11 is 0. The van der Waals surface area contributed by atoms with Crippen molar-refractivity contribution in [3.05, 3.63) is 28.1 Å². The number of hydrogen-bond donors (Lipinski definition) is 2. The molecule has 19 heavy (non-hydrogen) atoms. The molecule has 1 aliphatic carbocycles. The van der Waals surface area contributed by atoms with Gasteiger partial charge in [0.1, 0.15) is 5.69 Å². The number of carbonyl (C=O) groups is 1. The third-order valence-corrected chi connectivity index (χ3v) is 3.10. The van der Waals surface area contributed by atoms with Crippen molar-refractivity contribution < 1.29 is 9.72 Å². The molecule has 0 radical (unpaired) electrons. The van der Waals surface area contributed by atoms with Crippen molar-refractivity contribution in [1.29, 1.82) is 0 Å². The Balaban J connectivity index is 2.09. The van der Waals surface area contributed by atoms with Gasteiger partial charge >= 0.3 is 0 Å². The van der Waals surface area contributed by atoms with Crippen molar-refractivity contribution in [2.45, 2.75) is 38.3 Å². The maximum Gasteiger partial charge on any atom is 0.287 e. The molecule has 0 spiro atoms. The van der Waals surface area contributed by atoms with Crippen LogP contribution in [-0.2, 0) is 0 Å². The molecule has 1 atom stereocenters.